The number of nitrogens with one attached hydrogen (secondary N) is 2. The Hall–Kier alpha value is -3.14. The maximum absolute atomic E-state index is 12.6. The first-order chi connectivity index (χ1) is 15.6. The molecule has 1 atom stereocenters. The van der Waals surface area contributed by atoms with E-state index in [1.165, 1.54) is 4.90 Å². The highest BCUT2D eigenvalue weighted by Crippen LogP contribution is 2.30. The molecule has 0 saturated carbocycles. The summed E-state index contributed by atoms with van der Waals surface area (Å²) in [6.45, 7) is 2.49. The lowest BCUT2D eigenvalue weighted by atomic mass is 9.99. The summed E-state index contributed by atoms with van der Waals surface area (Å²) in [6.07, 6.45) is 0.740. The molecule has 1 aliphatic rings. The molecule has 0 aliphatic carbocycles. The predicted molar refractivity (Wildman–Crippen MR) is 119 cm³/mol. The average Bonchev–Trinajstić information content (AvgIpc) is 2.78. The fourth-order valence-corrected chi connectivity index (χ4v) is 3.72. The van der Waals surface area contributed by atoms with E-state index in [9.17, 15) is 22.8 Å². The number of carbonyl (C=O) groups is 2. The van der Waals surface area contributed by atoms with Crippen LogP contribution in [0.15, 0.2) is 36.7 Å². The van der Waals surface area contributed by atoms with Crippen molar-refractivity contribution in [2.24, 2.45) is 5.92 Å². The lowest BCUT2D eigenvalue weighted by molar-refractivity contribution is -0.137. The molecule has 2 N–H and O–H groups in total. The van der Waals surface area contributed by atoms with E-state index < -0.39 is 17.8 Å². The van der Waals surface area contributed by atoms with Gasteiger partial charge < -0.3 is 10.2 Å². The van der Waals surface area contributed by atoms with Crippen molar-refractivity contribution in [3.63, 3.8) is 0 Å². The third kappa shape index (κ3) is 6.22. The number of alkyl halides is 3. The Kier molecular flexibility index (Phi) is 7.57. The van der Waals surface area contributed by atoms with Crippen LogP contribution in [0.1, 0.15) is 30.2 Å². The van der Waals surface area contributed by atoms with E-state index >= 15 is 0 Å². The van der Waals surface area contributed by atoms with Gasteiger partial charge in [-0.15, -0.1) is 0 Å². The van der Waals surface area contributed by atoms with Crippen LogP contribution in [0, 0.1) is 5.92 Å². The number of nitrogens with zero attached hydrogens (tertiary/aromatic N) is 3. The van der Waals surface area contributed by atoms with Crippen molar-refractivity contribution in [2.45, 2.75) is 25.9 Å². The van der Waals surface area contributed by atoms with E-state index in [2.05, 4.69) is 20.6 Å². The minimum absolute atomic E-state index is 0.0362. The lowest BCUT2D eigenvalue weighted by Gasteiger charge is -2.26. The van der Waals surface area contributed by atoms with Crippen LogP contribution in [-0.2, 0) is 17.4 Å². The molecule has 3 rings (SSSR count). The number of amides is 3. The number of rotatable bonds is 5. The predicted octanol–water partition coefficient (Wildman–Crippen LogP) is 4.39. The smallest absolute Gasteiger partial charge is 0.359 e. The van der Waals surface area contributed by atoms with Crippen LogP contribution in [0.5, 0.6) is 0 Å². The van der Waals surface area contributed by atoms with Gasteiger partial charge in [0.25, 0.3) is 0 Å². The second-order valence-electron chi connectivity index (χ2n) is 7.68. The zero-order chi connectivity index (χ0) is 24.2. The minimum atomic E-state index is -4.49. The average molecular weight is 482 g/mol. The second kappa shape index (κ2) is 10.2. The number of anilines is 1. The van der Waals surface area contributed by atoms with Crippen LogP contribution in [-0.4, -0.2) is 46.9 Å². The fraction of sp³-hybridized carbons (Fsp3) is 0.364. The Morgan fingerprint density at radius 1 is 1.24 bits per heavy atom. The Bertz CT molecular complexity index is 1060. The number of aromatic nitrogens is 2. The molecule has 176 valence electrons. The Labute approximate surface area is 194 Å². The van der Waals surface area contributed by atoms with Crippen molar-refractivity contribution in [1.29, 1.82) is 0 Å². The van der Waals surface area contributed by atoms with Crippen LogP contribution in [0.2, 0.25) is 5.02 Å². The molecule has 2 aromatic rings. The molecular weight excluding hydrogens is 459 g/mol. The first kappa shape index (κ1) is 24.5. The molecule has 11 heteroatoms. The summed E-state index contributed by atoms with van der Waals surface area (Å²) >= 11 is 6.43. The van der Waals surface area contributed by atoms with E-state index in [1.807, 2.05) is 13.0 Å². The van der Waals surface area contributed by atoms with E-state index in [-0.39, 0.29) is 24.2 Å². The van der Waals surface area contributed by atoms with Gasteiger partial charge >= 0.3 is 12.2 Å². The number of urea groups is 1. The summed E-state index contributed by atoms with van der Waals surface area (Å²) in [4.78, 5) is 33.8. The number of hydrogen-bond donors (Lipinski definition) is 2. The molecule has 7 nitrogen and oxygen atoms in total. The van der Waals surface area contributed by atoms with Crippen molar-refractivity contribution in [3.05, 3.63) is 58.5 Å². The van der Waals surface area contributed by atoms with Crippen molar-refractivity contribution < 1.29 is 22.8 Å². The van der Waals surface area contributed by atoms with Crippen molar-refractivity contribution in [1.82, 2.24) is 20.2 Å². The Morgan fingerprint density at radius 2 is 2.00 bits per heavy atom. The molecule has 0 saturated heterocycles. The van der Waals surface area contributed by atoms with Crippen LogP contribution in [0.4, 0.5) is 23.8 Å². The third-order valence-corrected chi connectivity index (χ3v) is 5.55. The van der Waals surface area contributed by atoms with Gasteiger partial charge in [0.1, 0.15) is 5.82 Å². The van der Waals surface area contributed by atoms with Gasteiger partial charge in [0.05, 0.1) is 16.3 Å². The molecule has 1 unspecified atom stereocenters. The molecule has 2 aromatic heterocycles. The van der Waals surface area contributed by atoms with Crippen molar-refractivity contribution in [2.75, 3.05) is 25.5 Å². The number of pyridine rings is 2. The zero-order valence-electron chi connectivity index (χ0n) is 18.0. The third-order valence-electron chi connectivity index (χ3n) is 5.26. The fourth-order valence-electron chi connectivity index (χ4n) is 3.41. The number of carbonyl (C=O) groups excluding carboxylic acids is 2. The number of halogens is 4. The highest BCUT2D eigenvalue weighted by Gasteiger charge is 2.30. The monoisotopic (exact) mass is 481 g/mol. The van der Waals surface area contributed by atoms with E-state index in [0.717, 1.165) is 23.3 Å². The molecule has 3 heterocycles. The van der Waals surface area contributed by atoms with Crippen LogP contribution in [0.3, 0.4) is 0 Å². The first-order valence-electron chi connectivity index (χ1n) is 10.2. The highest BCUT2D eigenvalue weighted by atomic mass is 35.5. The normalized spacial score (nSPS) is 15.0. The summed E-state index contributed by atoms with van der Waals surface area (Å²) in [7, 11) is 1.59. The maximum Gasteiger partial charge on any atom is 0.417 e. The van der Waals surface area contributed by atoms with E-state index in [1.54, 1.807) is 19.3 Å². The van der Waals surface area contributed by atoms with Crippen LogP contribution < -0.4 is 10.6 Å². The lowest BCUT2D eigenvalue weighted by Crippen LogP contribution is -2.38. The summed E-state index contributed by atoms with van der Waals surface area (Å²) in [6, 6.07) is 3.31. The van der Waals surface area contributed by atoms with Gasteiger partial charge in [-0.05, 0) is 42.2 Å². The molecule has 0 radical (unpaired) electrons. The second-order valence-corrected chi connectivity index (χ2v) is 8.09. The van der Waals surface area contributed by atoms with Crippen LogP contribution in [0.25, 0.3) is 5.57 Å². The standard InChI is InChI=1S/C22H23ClF3N5O2/c1-13(20(32)27-2)9-14-10-17(23)19(29-11-14)15-5-7-31(8-6-15)21(33)30-18-4-3-16(12-28-18)22(24,25)26/h3-5,10-13H,6-9H2,1-2H3,(H,27,32)(H,28,30,33). The van der Waals surface area contributed by atoms with Gasteiger partial charge in [-0.2, -0.15) is 13.2 Å². The van der Waals surface area contributed by atoms with Crippen molar-refractivity contribution in [3.8, 4) is 0 Å². The highest BCUT2D eigenvalue weighted by molar-refractivity contribution is 6.32. The Balaban J connectivity index is 1.61. The van der Waals surface area contributed by atoms with Gasteiger partial charge in [0.15, 0.2) is 0 Å². The van der Waals surface area contributed by atoms with Gasteiger partial charge in [0.2, 0.25) is 5.91 Å². The zero-order valence-corrected chi connectivity index (χ0v) is 18.8. The molecule has 33 heavy (non-hydrogen) atoms. The van der Waals surface area contributed by atoms with E-state index in [4.69, 9.17) is 11.6 Å². The van der Waals surface area contributed by atoms with E-state index in [0.29, 0.717) is 36.3 Å². The SMILES string of the molecule is CNC(=O)C(C)Cc1cnc(C2=CCN(C(=O)Nc3ccc(C(F)(F)F)cn3)CC2)c(Cl)c1. The topological polar surface area (TPSA) is 87.2 Å². The van der Waals surface area contributed by atoms with Crippen LogP contribution >= 0.6 is 11.6 Å². The summed E-state index contributed by atoms with van der Waals surface area (Å²) < 4.78 is 37.9. The summed E-state index contributed by atoms with van der Waals surface area (Å²) in [5.41, 5.74) is 1.48. The first-order valence-corrected chi connectivity index (χ1v) is 10.6. The van der Waals surface area contributed by atoms with Gasteiger partial charge in [0, 0.05) is 38.4 Å². The molecular formula is C22H23ClF3N5O2. The number of hydrogen-bond acceptors (Lipinski definition) is 4. The molecule has 0 spiro atoms. The Morgan fingerprint density at radius 3 is 2.55 bits per heavy atom. The molecule has 1 aliphatic heterocycles. The quantitative estimate of drug-likeness (QED) is 0.663. The largest absolute Gasteiger partial charge is 0.417 e. The molecule has 0 aromatic carbocycles. The van der Waals surface area contributed by atoms with Crippen molar-refractivity contribution >= 4 is 34.9 Å². The van der Waals surface area contributed by atoms with Gasteiger partial charge in [-0.1, -0.05) is 24.6 Å². The minimum Gasteiger partial charge on any atom is -0.359 e. The summed E-state index contributed by atoms with van der Waals surface area (Å²) in [5, 5.41) is 5.58. The molecule has 3 amide bonds. The maximum atomic E-state index is 12.6. The van der Waals surface area contributed by atoms with Gasteiger partial charge in [-0.25, -0.2) is 9.78 Å². The molecule has 0 bridgehead atoms. The molecule has 0 fully saturated rings. The summed E-state index contributed by atoms with van der Waals surface area (Å²) in [5.74, 6) is -0.233. The van der Waals surface area contributed by atoms with Gasteiger partial charge in [-0.3, -0.25) is 15.1 Å².